The van der Waals surface area contributed by atoms with Gasteiger partial charge in [0.25, 0.3) is 0 Å². The number of piperidine rings is 1. The van der Waals surface area contributed by atoms with E-state index in [0.717, 1.165) is 37.1 Å². The van der Waals surface area contributed by atoms with Crippen LogP contribution in [0, 0.1) is 0 Å². The number of benzene rings is 1. The normalized spacial score (nSPS) is 25.1. The number of alkyl halides is 3. The predicted octanol–water partition coefficient (Wildman–Crippen LogP) is 2.53. The van der Waals surface area contributed by atoms with Crippen molar-refractivity contribution >= 4 is 0 Å². The maximum atomic E-state index is 12.5. The maximum Gasteiger partial charge on any atom is 0.416 e. The number of aliphatic hydroxyl groups excluding tert-OH is 1. The number of rotatable bonds is 2. The Labute approximate surface area is 104 Å². The highest BCUT2D eigenvalue weighted by Crippen LogP contribution is 2.32. The van der Waals surface area contributed by atoms with Crippen molar-refractivity contribution in [3.05, 3.63) is 35.4 Å². The summed E-state index contributed by atoms with van der Waals surface area (Å²) in [6, 6.07) is 5.19. The Bertz CT molecular complexity index is 388. The number of aliphatic hydroxyl groups is 1. The zero-order valence-electron chi connectivity index (χ0n) is 9.87. The van der Waals surface area contributed by atoms with E-state index >= 15 is 0 Å². The van der Waals surface area contributed by atoms with Crippen LogP contribution in [0.5, 0.6) is 0 Å². The molecule has 1 fully saturated rings. The van der Waals surface area contributed by atoms with Gasteiger partial charge in [-0.2, -0.15) is 13.2 Å². The second-order valence-electron chi connectivity index (χ2n) is 4.61. The molecule has 0 spiro atoms. The largest absolute Gasteiger partial charge is 0.416 e. The van der Waals surface area contributed by atoms with Crippen molar-refractivity contribution in [2.75, 3.05) is 13.2 Å². The molecule has 1 aliphatic rings. The third-order valence-corrected chi connectivity index (χ3v) is 3.45. The standard InChI is InChI=1S/C13H16F3NO/c14-13(15,16)10-5-3-9(4-6-10)11-2-1-7-17-12(11)8-18/h3-6,11-12,17-18H,1-2,7-8H2. The zero-order chi connectivity index (χ0) is 13.2. The molecule has 1 heterocycles. The van der Waals surface area contributed by atoms with Crippen molar-refractivity contribution < 1.29 is 18.3 Å². The van der Waals surface area contributed by atoms with E-state index in [-0.39, 0.29) is 18.6 Å². The molecule has 100 valence electrons. The number of nitrogens with one attached hydrogen (secondary N) is 1. The Balaban J connectivity index is 2.18. The van der Waals surface area contributed by atoms with E-state index < -0.39 is 11.7 Å². The summed E-state index contributed by atoms with van der Waals surface area (Å²) in [6.45, 7) is 0.855. The van der Waals surface area contributed by atoms with Crippen LogP contribution in [-0.4, -0.2) is 24.3 Å². The monoisotopic (exact) mass is 259 g/mol. The summed E-state index contributed by atoms with van der Waals surface area (Å²) >= 11 is 0. The Kier molecular flexibility index (Phi) is 3.92. The molecule has 5 heteroatoms. The first-order valence-corrected chi connectivity index (χ1v) is 6.04. The van der Waals surface area contributed by atoms with Crippen molar-refractivity contribution in [2.24, 2.45) is 0 Å². The molecule has 18 heavy (non-hydrogen) atoms. The molecule has 2 N–H and O–H groups in total. The highest BCUT2D eigenvalue weighted by atomic mass is 19.4. The minimum absolute atomic E-state index is 0.00564. The molecular weight excluding hydrogens is 243 g/mol. The van der Waals surface area contributed by atoms with Crippen LogP contribution in [0.4, 0.5) is 13.2 Å². The molecule has 2 unspecified atom stereocenters. The van der Waals surface area contributed by atoms with Gasteiger partial charge < -0.3 is 10.4 Å². The van der Waals surface area contributed by atoms with Gasteiger partial charge in [0.2, 0.25) is 0 Å². The van der Waals surface area contributed by atoms with Crippen molar-refractivity contribution in [3.8, 4) is 0 Å². The minimum atomic E-state index is -4.29. The van der Waals surface area contributed by atoms with Gasteiger partial charge in [-0.25, -0.2) is 0 Å². The first-order chi connectivity index (χ1) is 8.52. The molecule has 2 rings (SSSR count). The second-order valence-corrected chi connectivity index (χ2v) is 4.61. The fourth-order valence-corrected chi connectivity index (χ4v) is 2.46. The lowest BCUT2D eigenvalue weighted by molar-refractivity contribution is -0.137. The van der Waals surface area contributed by atoms with Crippen LogP contribution in [0.25, 0.3) is 0 Å². The molecule has 1 aromatic rings. The van der Waals surface area contributed by atoms with Crippen LogP contribution in [0.3, 0.4) is 0 Å². The first-order valence-electron chi connectivity index (χ1n) is 6.04. The van der Waals surface area contributed by atoms with E-state index in [1.54, 1.807) is 0 Å². The van der Waals surface area contributed by atoms with E-state index in [2.05, 4.69) is 5.32 Å². The lowest BCUT2D eigenvalue weighted by Gasteiger charge is -2.31. The average Bonchev–Trinajstić information content (AvgIpc) is 2.38. The van der Waals surface area contributed by atoms with Gasteiger partial charge >= 0.3 is 6.18 Å². The van der Waals surface area contributed by atoms with E-state index in [1.165, 1.54) is 12.1 Å². The smallest absolute Gasteiger partial charge is 0.395 e. The molecule has 0 saturated carbocycles. The summed E-state index contributed by atoms with van der Waals surface area (Å²) in [5, 5.41) is 12.5. The van der Waals surface area contributed by atoms with Crippen LogP contribution < -0.4 is 5.32 Å². The van der Waals surface area contributed by atoms with Gasteiger partial charge in [0.15, 0.2) is 0 Å². The van der Waals surface area contributed by atoms with Gasteiger partial charge in [-0.3, -0.25) is 0 Å². The zero-order valence-corrected chi connectivity index (χ0v) is 9.87. The Morgan fingerprint density at radius 1 is 1.22 bits per heavy atom. The molecular formula is C13H16F3NO. The molecule has 1 aromatic carbocycles. The number of halogens is 3. The average molecular weight is 259 g/mol. The molecule has 2 nitrogen and oxygen atoms in total. The lowest BCUT2D eigenvalue weighted by Crippen LogP contribution is -2.42. The topological polar surface area (TPSA) is 32.3 Å². The highest BCUT2D eigenvalue weighted by Gasteiger charge is 2.31. The number of hydrogen-bond acceptors (Lipinski definition) is 2. The fourth-order valence-electron chi connectivity index (χ4n) is 2.46. The van der Waals surface area contributed by atoms with Crippen molar-refractivity contribution in [1.82, 2.24) is 5.32 Å². The van der Waals surface area contributed by atoms with Gasteiger partial charge in [-0.1, -0.05) is 12.1 Å². The van der Waals surface area contributed by atoms with Crippen molar-refractivity contribution in [3.63, 3.8) is 0 Å². The molecule has 1 aliphatic heterocycles. The third-order valence-electron chi connectivity index (χ3n) is 3.45. The van der Waals surface area contributed by atoms with Crippen molar-refractivity contribution in [2.45, 2.75) is 31.0 Å². The SMILES string of the molecule is OCC1NCCCC1c1ccc(C(F)(F)F)cc1. The van der Waals surface area contributed by atoms with Crippen LogP contribution in [0.15, 0.2) is 24.3 Å². The summed E-state index contributed by atoms with van der Waals surface area (Å²) in [4.78, 5) is 0. The van der Waals surface area contributed by atoms with Crippen LogP contribution >= 0.6 is 0 Å². The summed E-state index contributed by atoms with van der Waals surface area (Å²) in [6.07, 6.45) is -2.43. The predicted molar refractivity (Wildman–Crippen MR) is 62.3 cm³/mol. The van der Waals surface area contributed by atoms with Crippen LogP contribution in [0.1, 0.15) is 29.9 Å². The fraction of sp³-hybridized carbons (Fsp3) is 0.538. The van der Waals surface area contributed by atoms with Gasteiger partial charge in [0.1, 0.15) is 0 Å². The Morgan fingerprint density at radius 3 is 2.44 bits per heavy atom. The van der Waals surface area contributed by atoms with Crippen molar-refractivity contribution in [1.29, 1.82) is 0 Å². The van der Waals surface area contributed by atoms with E-state index in [4.69, 9.17) is 0 Å². The molecule has 0 amide bonds. The molecule has 0 aromatic heterocycles. The third kappa shape index (κ3) is 2.84. The maximum absolute atomic E-state index is 12.5. The first kappa shape index (κ1) is 13.4. The highest BCUT2D eigenvalue weighted by molar-refractivity contribution is 5.28. The summed E-state index contributed by atoms with van der Waals surface area (Å²) in [5.74, 6) is 0.0889. The summed E-state index contributed by atoms with van der Waals surface area (Å²) < 4.78 is 37.4. The van der Waals surface area contributed by atoms with Gasteiger partial charge in [0, 0.05) is 12.0 Å². The van der Waals surface area contributed by atoms with Crippen LogP contribution in [-0.2, 0) is 6.18 Å². The molecule has 0 radical (unpaired) electrons. The van der Waals surface area contributed by atoms with Gasteiger partial charge in [-0.15, -0.1) is 0 Å². The lowest BCUT2D eigenvalue weighted by atomic mass is 9.85. The molecule has 0 bridgehead atoms. The van der Waals surface area contributed by atoms with E-state index in [1.807, 2.05) is 0 Å². The molecule has 1 saturated heterocycles. The van der Waals surface area contributed by atoms with Gasteiger partial charge in [0.05, 0.1) is 12.2 Å². The quantitative estimate of drug-likeness (QED) is 0.855. The summed E-state index contributed by atoms with van der Waals surface area (Å²) in [7, 11) is 0. The Morgan fingerprint density at radius 2 is 1.89 bits per heavy atom. The van der Waals surface area contributed by atoms with Gasteiger partial charge in [-0.05, 0) is 37.1 Å². The molecule has 0 aliphatic carbocycles. The number of hydrogen-bond donors (Lipinski definition) is 2. The van der Waals surface area contributed by atoms with Crippen LogP contribution in [0.2, 0.25) is 0 Å². The van der Waals surface area contributed by atoms with E-state index in [9.17, 15) is 18.3 Å². The summed E-state index contributed by atoms with van der Waals surface area (Å²) in [5.41, 5.74) is 0.227. The van der Waals surface area contributed by atoms with E-state index in [0.29, 0.717) is 0 Å². The molecule has 2 atom stereocenters. The second kappa shape index (κ2) is 5.28. The Hall–Kier alpha value is -1.07. The minimum Gasteiger partial charge on any atom is -0.395 e.